The summed E-state index contributed by atoms with van der Waals surface area (Å²) >= 11 is 0. The molecule has 0 bridgehead atoms. The minimum atomic E-state index is -0.391. The number of carbonyl (C=O) groups excluding carboxylic acids is 1. The van der Waals surface area contributed by atoms with Crippen LogP contribution >= 0.6 is 0 Å². The minimum absolute atomic E-state index is 0.259. The number of benzene rings is 1. The van der Waals surface area contributed by atoms with Gasteiger partial charge in [-0.05, 0) is 38.5 Å². The summed E-state index contributed by atoms with van der Waals surface area (Å²) in [7, 11) is 0. The number of hydrogen-bond acceptors (Lipinski definition) is 4. The van der Waals surface area contributed by atoms with Crippen molar-refractivity contribution in [2.24, 2.45) is 0 Å². The van der Waals surface area contributed by atoms with Crippen LogP contribution in [0.2, 0.25) is 0 Å². The molecule has 2 aromatic rings. The lowest BCUT2D eigenvalue weighted by atomic mass is 10.2. The highest BCUT2D eigenvalue weighted by Gasteiger charge is 2.17. The zero-order chi connectivity index (χ0) is 13.8. The van der Waals surface area contributed by atoms with Crippen molar-refractivity contribution in [1.29, 1.82) is 0 Å². The van der Waals surface area contributed by atoms with Gasteiger partial charge in [0.1, 0.15) is 0 Å². The SMILES string of the molecule is CCONC(=O)c1nnn(-c2cccc(C)c2)c1C. The Morgan fingerprint density at radius 3 is 2.89 bits per heavy atom. The van der Waals surface area contributed by atoms with Crippen LogP contribution in [0.4, 0.5) is 0 Å². The Bertz CT molecular complexity index is 592. The molecule has 1 heterocycles. The predicted octanol–water partition coefficient (Wildman–Crippen LogP) is 1.57. The Balaban J connectivity index is 2.30. The van der Waals surface area contributed by atoms with Crippen LogP contribution in [0.5, 0.6) is 0 Å². The molecule has 6 heteroatoms. The summed E-state index contributed by atoms with van der Waals surface area (Å²) in [5.41, 5.74) is 5.23. The number of aryl methyl sites for hydroxylation is 1. The standard InChI is InChI=1S/C13H16N4O2/c1-4-19-15-13(18)12-10(3)17(16-14-12)11-7-5-6-9(2)8-11/h5-8H,4H2,1-3H3,(H,15,18). The Kier molecular flexibility index (Phi) is 3.91. The van der Waals surface area contributed by atoms with E-state index in [0.29, 0.717) is 12.3 Å². The Labute approximate surface area is 111 Å². The molecule has 0 radical (unpaired) electrons. The first kappa shape index (κ1) is 13.2. The number of hydroxylamine groups is 1. The number of hydrogen-bond donors (Lipinski definition) is 1. The van der Waals surface area contributed by atoms with E-state index in [1.807, 2.05) is 31.2 Å². The van der Waals surface area contributed by atoms with Gasteiger partial charge in [0.2, 0.25) is 0 Å². The zero-order valence-corrected chi connectivity index (χ0v) is 11.2. The number of carbonyl (C=O) groups is 1. The lowest BCUT2D eigenvalue weighted by Gasteiger charge is -2.05. The number of rotatable bonds is 4. The van der Waals surface area contributed by atoms with E-state index in [9.17, 15) is 4.79 Å². The van der Waals surface area contributed by atoms with Crippen LogP contribution in [0.1, 0.15) is 28.7 Å². The maximum Gasteiger partial charge on any atom is 0.297 e. The maximum atomic E-state index is 11.8. The van der Waals surface area contributed by atoms with Crippen molar-refractivity contribution in [3.05, 3.63) is 41.2 Å². The van der Waals surface area contributed by atoms with Crippen LogP contribution in [0.25, 0.3) is 5.69 Å². The average Bonchev–Trinajstić information content (AvgIpc) is 2.78. The van der Waals surface area contributed by atoms with E-state index in [2.05, 4.69) is 15.8 Å². The molecule has 6 nitrogen and oxygen atoms in total. The van der Waals surface area contributed by atoms with Crippen LogP contribution in [0.15, 0.2) is 24.3 Å². The summed E-state index contributed by atoms with van der Waals surface area (Å²) in [5.74, 6) is -0.391. The van der Waals surface area contributed by atoms with Gasteiger partial charge in [0, 0.05) is 0 Å². The topological polar surface area (TPSA) is 69.0 Å². The van der Waals surface area contributed by atoms with Gasteiger partial charge in [-0.3, -0.25) is 9.63 Å². The summed E-state index contributed by atoms with van der Waals surface area (Å²) in [4.78, 5) is 16.6. The van der Waals surface area contributed by atoms with Crippen molar-refractivity contribution in [3.63, 3.8) is 0 Å². The summed E-state index contributed by atoms with van der Waals surface area (Å²) < 4.78 is 1.63. The van der Waals surface area contributed by atoms with Crippen LogP contribution < -0.4 is 5.48 Å². The maximum absolute atomic E-state index is 11.8. The van der Waals surface area contributed by atoms with Crippen molar-refractivity contribution in [1.82, 2.24) is 20.5 Å². The Hall–Kier alpha value is -2.21. The summed E-state index contributed by atoms with van der Waals surface area (Å²) in [6, 6.07) is 7.83. The molecular weight excluding hydrogens is 244 g/mol. The normalized spacial score (nSPS) is 10.5. The molecule has 0 fully saturated rings. The second-order valence-corrected chi connectivity index (χ2v) is 4.14. The average molecular weight is 260 g/mol. The van der Waals surface area contributed by atoms with E-state index < -0.39 is 5.91 Å². The van der Waals surface area contributed by atoms with Crippen LogP contribution in [-0.2, 0) is 4.84 Å². The third kappa shape index (κ3) is 2.79. The lowest BCUT2D eigenvalue weighted by Crippen LogP contribution is -2.24. The van der Waals surface area contributed by atoms with Crippen molar-refractivity contribution in [2.75, 3.05) is 6.61 Å². The van der Waals surface area contributed by atoms with Gasteiger partial charge in [-0.2, -0.15) is 0 Å². The molecule has 0 aliphatic carbocycles. The van der Waals surface area contributed by atoms with E-state index in [1.165, 1.54) is 0 Å². The molecule has 19 heavy (non-hydrogen) atoms. The number of amides is 1. The highest BCUT2D eigenvalue weighted by molar-refractivity contribution is 5.92. The van der Waals surface area contributed by atoms with Crippen molar-refractivity contribution >= 4 is 5.91 Å². The molecule has 2 rings (SSSR count). The molecule has 1 aromatic carbocycles. The van der Waals surface area contributed by atoms with Crippen molar-refractivity contribution in [3.8, 4) is 5.69 Å². The van der Waals surface area contributed by atoms with E-state index in [1.54, 1.807) is 18.5 Å². The lowest BCUT2D eigenvalue weighted by molar-refractivity contribution is 0.0359. The second kappa shape index (κ2) is 5.62. The van der Waals surface area contributed by atoms with Crippen molar-refractivity contribution in [2.45, 2.75) is 20.8 Å². The zero-order valence-electron chi connectivity index (χ0n) is 11.2. The molecule has 0 aliphatic rings. The van der Waals surface area contributed by atoms with Gasteiger partial charge in [-0.1, -0.05) is 17.3 Å². The van der Waals surface area contributed by atoms with E-state index >= 15 is 0 Å². The van der Waals surface area contributed by atoms with E-state index in [4.69, 9.17) is 4.84 Å². The highest BCUT2D eigenvalue weighted by Crippen LogP contribution is 2.13. The molecule has 0 atom stereocenters. The highest BCUT2D eigenvalue weighted by atomic mass is 16.6. The third-order valence-corrected chi connectivity index (χ3v) is 2.67. The quantitative estimate of drug-likeness (QED) is 0.847. The number of aromatic nitrogens is 3. The first-order chi connectivity index (χ1) is 9.13. The van der Waals surface area contributed by atoms with Gasteiger partial charge < -0.3 is 0 Å². The minimum Gasteiger partial charge on any atom is -0.274 e. The van der Waals surface area contributed by atoms with Gasteiger partial charge in [0.05, 0.1) is 18.0 Å². The number of nitrogens with one attached hydrogen (secondary N) is 1. The van der Waals surface area contributed by atoms with E-state index in [-0.39, 0.29) is 5.69 Å². The van der Waals surface area contributed by atoms with Crippen LogP contribution in [-0.4, -0.2) is 27.5 Å². The first-order valence-corrected chi connectivity index (χ1v) is 6.05. The summed E-state index contributed by atoms with van der Waals surface area (Å²) in [6.07, 6.45) is 0. The smallest absolute Gasteiger partial charge is 0.274 e. The van der Waals surface area contributed by atoms with Crippen LogP contribution in [0.3, 0.4) is 0 Å². The summed E-state index contributed by atoms with van der Waals surface area (Å²) in [5, 5.41) is 7.90. The van der Waals surface area contributed by atoms with Gasteiger partial charge in [0.15, 0.2) is 5.69 Å². The molecule has 0 spiro atoms. The largest absolute Gasteiger partial charge is 0.297 e. The fraction of sp³-hybridized carbons (Fsp3) is 0.308. The van der Waals surface area contributed by atoms with Gasteiger partial charge in [-0.25, -0.2) is 10.2 Å². The monoisotopic (exact) mass is 260 g/mol. The van der Waals surface area contributed by atoms with Gasteiger partial charge in [0.25, 0.3) is 5.91 Å². The first-order valence-electron chi connectivity index (χ1n) is 6.05. The fourth-order valence-electron chi connectivity index (χ4n) is 1.73. The third-order valence-electron chi connectivity index (χ3n) is 2.67. The van der Waals surface area contributed by atoms with Gasteiger partial charge >= 0.3 is 0 Å². The second-order valence-electron chi connectivity index (χ2n) is 4.14. The Morgan fingerprint density at radius 2 is 2.21 bits per heavy atom. The molecule has 1 amide bonds. The molecule has 0 unspecified atom stereocenters. The van der Waals surface area contributed by atoms with Gasteiger partial charge in [-0.15, -0.1) is 5.10 Å². The molecule has 0 aliphatic heterocycles. The summed E-state index contributed by atoms with van der Waals surface area (Å²) in [6.45, 7) is 5.98. The number of nitrogens with zero attached hydrogens (tertiary/aromatic N) is 3. The fourth-order valence-corrected chi connectivity index (χ4v) is 1.73. The molecular formula is C13H16N4O2. The van der Waals surface area contributed by atoms with E-state index in [0.717, 1.165) is 11.3 Å². The molecule has 100 valence electrons. The molecule has 0 saturated carbocycles. The predicted molar refractivity (Wildman–Crippen MR) is 69.9 cm³/mol. The molecule has 0 saturated heterocycles. The Morgan fingerprint density at radius 1 is 1.42 bits per heavy atom. The van der Waals surface area contributed by atoms with Crippen molar-refractivity contribution < 1.29 is 9.63 Å². The molecule has 1 N–H and O–H groups in total. The molecule has 1 aromatic heterocycles. The van der Waals surface area contributed by atoms with Crippen LogP contribution in [0, 0.1) is 13.8 Å².